The number of fused-ring (bicyclic) bond motifs is 1. The minimum absolute atomic E-state index is 0.129. The zero-order valence-electron chi connectivity index (χ0n) is 19.0. The molecule has 4 aromatic rings. The molecule has 33 heavy (non-hydrogen) atoms. The van der Waals surface area contributed by atoms with Crippen molar-refractivity contribution in [2.24, 2.45) is 5.73 Å². The number of aromatic nitrogens is 1. The van der Waals surface area contributed by atoms with Gasteiger partial charge in [0.25, 0.3) is 5.91 Å². The molecule has 2 heterocycles. The first-order valence-electron chi connectivity index (χ1n) is 12.0. The Kier molecular flexibility index (Phi) is 6.27. The minimum Gasteiger partial charge on any atom is -0.344 e. The number of hydrogen-bond acceptors (Lipinski definition) is 2. The number of para-hydroxylation sites is 1. The number of rotatable bonds is 6. The van der Waals surface area contributed by atoms with Crippen molar-refractivity contribution >= 4 is 16.8 Å². The van der Waals surface area contributed by atoms with Gasteiger partial charge in [0.1, 0.15) is 0 Å². The molecule has 168 valence electrons. The van der Waals surface area contributed by atoms with Crippen LogP contribution >= 0.6 is 0 Å². The van der Waals surface area contributed by atoms with E-state index < -0.39 is 0 Å². The van der Waals surface area contributed by atoms with Gasteiger partial charge >= 0.3 is 0 Å². The molecular weight excluding hydrogens is 406 g/mol. The van der Waals surface area contributed by atoms with Gasteiger partial charge in [-0.3, -0.25) is 4.79 Å². The molecule has 1 atom stereocenters. The van der Waals surface area contributed by atoms with Crippen molar-refractivity contribution in [2.75, 3.05) is 19.6 Å². The van der Waals surface area contributed by atoms with Crippen LogP contribution in [-0.2, 0) is 6.54 Å². The Morgan fingerprint density at radius 2 is 1.64 bits per heavy atom. The highest BCUT2D eigenvalue weighted by molar-refractivity contribution is 5.95. The van der Waals surface area contributed by atoms with Gasteiger partial charge in [-0.2, -0.15) is 0 Å². The largest absolute Gasteiger partial charge is 0.344 e. The lowest BCUT2D eigenvalue weighted by Gasteiger charge is -2.33. The number of likely N-dealkylation sites (tertiary alicyclic amines) is 1. The van der Waals surface area contributed by atoms with Gasteiger partial charge in [0.15, 0.2) is 0 Å². The summed E-state index contributed by atoms with van der Waals surface area (Å²) in [6.45, 7) is 3.18. The van der Waals surface area contributed by atoms with Gasteiger partial charge in [0.2, 0.25) is 0 Å². The highest BCUT2D eigenvalue weighted by Crippen LogP contribution is 2.32. The molecule has 2 N–H and O–H groups in total. The van der Waals surface area contributed by atoms with Gasteiger partial charge in [-0.15, -0.1) is 0 Å². The van der Waals surface area contributed by atoms with E-state index >= 15 is 0 Å². The van der Waals surface area contributed by atoms with Gasteiger partial charge < -0.3 is 15.2 Å². The number of hydrogen-bond donors (Lipinski definition) is 1. The molecule has 0 saturated carbocycles. The maximum Gasteiger partial charge on any atom is 0.253 e. The average Bonchev–Trinajstić information content (AvgIpc) is 3.26. The summed E-state index contributed by atoms with van der Waals surface area (Å²) >= 11 is 0. The molecule has 1 amide bonds. The maximum atomic E-state index is 13.4. The summed E-state index contributed by atoms with van der Waals surface area (Å²) in [5.41, 5.74) is 11.5. The van der Waals surface area contributed by atoms with Crippen LogP contribution in [0.5, 0.6) is 0 Å². The quantitative estimate of drug-likeness (QED) is 0.422. The highest BCUT2D eigenvalue weighted by atomic mass is 16.2. The monoisotopic (exact) mass is 437 g/mol. The summed E-state index contributed by atoms with van der Waals surface area (Å²) in [6.07, 6.45) is 3.08. The number of nitrogens with zero attached hydrogens (tertiary/aromatic N) is 2. The van der Waals surface area contributed by atoms with Crippen LogP contribution in [0.1, 0.15) is 41.2 Å². The van der Waals surface area contributed by atoms with Gasteiger partial charge in [0.05, 0.1) is 0 Å². The van der Waals surface area contributed by atoms with Crippen molar-refractivity contribution in [3.8, 4) is 11.1 Å². The Balaban J connectivity index is 1.36. The minimum atomic E-state index is 0.129. The molecule has 1 fully saturated rings. The normalized spacial score (nSPS) is 16.3. The van der Waals surface area contributed by atoms with E-state index in [4.69, 9.17) is 5.73 Å². The number of amides is 1. The van der Waals surface area contributed by atoms with Crippen molar-refractivity contribution in [3.63, 3.8) is 0 Å². The van der Waals surface area contributed by atoms with Crippen LogP contribution < -0.4 is 5.73 Å². The van der Waals surface area contributed by atoms with Gasteiger partial charge in [0, 0.05) is 42.3 Å². The van der Waals surface area contributed by atoms with Crippen LogP contribution in [0.15, 0.2) is 84.9 Å². The second-order valence-electron chi connectivity index (χ2n) is 8.96. The van der Waals surface area contributed by atoms with Gasteiger partial charge in [-0.1, -0.05) is 60.7 Å². The molecule has 1 saturated heterocycles. The summed E-state index contributed by atoms with van der Waals surface area (Å²) in [6, 6.07) is 29.2. The van der Waals surface area contributed by atoms with Crippen LogP contribution in [0.25, 0.3) is 22.0 Å². The van der Waals surface area contributed by atoms with E-state index in [0.29, 0.717) is 12.5 Å². The van der Waals surface area contributed by atoms with E-state index in [1.54, 1.807) is 0 Å². The van der Waals surface area contributed by atoms with Crippen molar-refractivity contribution in [3.05, 3.63) is 96.2 Å². The third kappa shape index (κ3) is 4.44. The molecule has 1 unspecified atom stereocenters. The topological polar surface area (TPSA) is 51.3 Å². The standard InChI is InChI=1S/C29H31N3O/c30-17-7-19-32-27-12-5-4-10-25(27)20-28(32)26-11-6-18-31(21-26)29(33)24-15-13-23(14-16-24)22-8-2-1-3-9-22/h1-5,8-10,12-16,20,26H,6-7,11,17-19,21,30H2. The molecule has 1 aliphatic heterocycles. The number of piperidine rings is 1. The van der Waals surface area contributed by atoms with Gasteiger partial charge in [-0.05, 0) is 66.6 Å². The molecule has 1 aliphatic rings. The van der Waals surface area contributed by atoms with E-state index in [0.717, 1.165) is 50.0 Å². The van der Waals surface area contributed by atoms with Crippen LogP contribution in [0.4, 0.5) is 0 Å². The SMILES string of the molecule is NCCCn1c(C2CCCN(C(=O)c3ccc(-c4ccccc4)cc3)C2)cc2ccccc21. The van der Waals surface area contributed by atoms with E-state index in [1.165, 1.54) is 22.2 Å². The Hall–Kier alpha value is -3.37. The maximum absolute atomic E-state index is 13.4. The number of carbonyl (C=O) groups is 1. The van der Waals surface area contributed by atoms with Crippen LogP contribution in [0, 0.1) is 0 Å². The molecule has 4 nitrogen and oxygen atoms in total. The third-order valence-corrected chi connectivity index (χ3v) is 6.79. The van der Waals surface area contributed by atoms with Crippen molar-refractivity contribution in [2.45, 2.75) is 31.7 Å². The smallest absolute Gasteiger partial charge is 0.253 e. The zero-order chi connectivity index (χ0) is 22.6. The summed E-state index contributed by atoms with van der Waals surface area (Å²) < 4.78 is 2.43. The van der Waals surface area contributed by atoms with Crippen LogP contribution in [0.2, 0.25) is 0 Å². The molecule has 4 heteroatoms. The lowest BCUT2D eigenvalue weighted by atomic mass is 9.93. The second kappa shape index (κ2) is 9.63. The first kappa shape index (κ1) is 21.5. The Bertz CT molecular complexity index is 1230. The molecule has 5 rings (SSSR count). The highest BCUT2D eigenvalue weighted by Gasteiger charge is 2.28. The van der Waals surface area contributed by atoms with E-state index in [-0.39, 0.29) is 5.91 Å². The van der Waals surface area contributed by atoms with Crippen molar-refractivity contribution in [1.29, 1.82) is 0 Å². The number of nitrogens with two attached hydrogens (primary N) is 1. The Labute approximate surface area is 195 Å². The lowest BCUT2D eigenvalue weighted by Crippen LogP contribution is -2.39. The van der Waals surface area contributed by atoms with Crippen LogP contribution in [0.3, 0.4) is 0 Å². The molecule has 0 spiro atoms. The molecule has 0 aliphatic carbocycles. The number of aryl methyl sites for hydroxylation is 1. The van der Waals surface area contributed by atoms with Crippen molar-refractivity contribution in [1.82, 2.24) is 9.47 Å². The fourth-order valence-electron chi connectivity index (χ4n) is 5.09. The summed E-state index contributed by atoms with van der Waals surface area (Å²) in [4.78, 5) is 15.4. The molecule has 0 bridgehead atoms. The Morgan fingerprint density at radius 1 is 0.909 bits per heavy atom. The summed E-state index contributed by atoms with van der Waals surface area (Å²) in [5.74, 6) is 0.473. The first-order valence-corrected chi connectivity index (χ1v) is 12.0. The second-order valence-corrected chi connectivity index (χ2v) is 8.96. The van der Waals surface area contributed by atoms with Crippen molar-refractivity contribution < 1.29 is 4.79 Å². The molecule has 3 aromatic carbocycles. The van der Waals surface area contributed by atoms with E-state index in [2.05, 4.69) is 59.2 Å². The fourth-order valence-corrected chi connectivity index (χ4v) is 5.09. The zero-order valence-corrected chi connectivity index (χ0v) is 19.0. The summed E-state index contributed by atoms with van der Waals surface area (Å²) in [5, 5.41) is 1.27. The molecule has 1 aromatic heterocycles. The summed E-state index contributed by atoms with van der Waals surface area (Å²) in [7, 11) is 0. The third-order valence-electron chi connectivity index (χ3n) is 6.79. The van der Waals surface area contributed by atoms with Gasteiger partial charge in [-0.25, -0.2) is 0 Å². The van der Waals surface area contributed by atoms with Crippen LogP contribution in [-0.4, -0.2) is 35.0 Å². The molecule has 0 radical (unpaired) electrons. The number of carbonyl (C=O) groups excluding carboxylic acids is 1. The van der Waals surface area contributed by atoms with E-state index in [9.17, 15) is 4.79 Å². The lowest BCUT2D eigenvalue weighted by molar-refractivity contribution is 0.0705. The predicted molar refractivity (Wildman–Crippen MR) is 135 cm³/mol. The molecular formula is C29H31N3O. The first-order chi connectivity index (χ1) is 16.2. The Morgan fingerprint density at radius 3 is 2.42 bits per heavy atom. The fraction of sp³-hybridized carbons (Fsp3) is 0.276. The number of benzene rings is 3. The van der Waals surface area contributed by atoms with E-state index in [1.807, 2.05) is 35.2 Å². The predicted octanol–water partition coefficient (Wildman–Crippen LogP) is 5.68. The average molecular weight is 438 g/mol.